The highest BCUT2D eigenvalue weighted by molar-refractivity contribution is 7.59. The molecule has 0 aliphatic rings. The van der Waals surface area contributed by atoms with Crippen molar-refractivity contribution in [3.05, 3.63) is 250 Å². The number of primary amides is 1. The summed E-state index contributed by atoms with van der Waals surface area (Å²) < 4.78 is 26.4. The van der Waals surface area contributed by atoms with E-state index in [1.54, 1.807) is 95.5 Å². The number of benzene rings is 5. The Balaban J connectivity index is 0.000000170. The second kappa shape index (κ2) is 41.3. The summed E-state index contributed by atoms with van der Waals surface area (Å²) in [5.41, 5.74) is 17.9. The van der Waals surface area contributed by atoms with Gasteiger partial charge >= 0.3 is 28.4 Å². The number of methoxy groups -OCH3 is 1. The van der Waals surface area contributed by atoms with Crippen LogP contribution in [0.5, 0.6) is 5.75 Å². The number of nitrogens with one attached hydrogen (secondary N) is 5. The van der Waals surface area contributed by atoms with E-state index in [9.17, 15) is 43.4 Å². The minimum atomic E-state index is -0.552. The number of amides is 1. The lowest BCUT2D eigenvalue weighted by molar-refractivity contribution is 0.100. The van der Waals surface area contributed by atoms with Crippen LogP contribution in [-0.4, -0.2) is 109 Å². The Labute approximate surface area is 740 Å². The highest BCUT2D eigenvalue weighted by atomic mass is 35.5. The molecule has 2 atom stereocenters. The fourth-order valence-corrected chi connectivity index (χ4v) is 16.4. The van der Waals surface area contributed by atoms with Crippen molar-refractivity contribution in [2.24, 2.45) is 5.73 Å². The minimum absolute atomic E-state index is 0. The Kier molecular flexibility index (Phi) is 32.4. The number of fused-ring (bicyclic) bond motifs is 5. The van der Waals surface area contributed by atoms with Gasteiger partial charge in [0.1, 0.15) is 11.6 Å². The Hall–Kier alpha value is -9.66. The van der Waals surface area contributed by atoms with Gasteiger partial charge in [-0.05, 0) is 136 Å². The number of rotatable bonds is 20. The lowest BCUT2D eigenvalue weighted by atomic mass is 9.98. The van der Waals surface area contributed by atoms with Gasteiger partial charge < -0.3 is 20.7 Å². The number of hydrogen-bond donors (Lipinski definition) is 8. The summed E-state index contributed by atoms with van der Waals surface area (Å²) in [5, 5.41) is 22.6. The Morgan fingerprint density at radius 3 is 1.06 bits per heavy atom. The number of H-pyrrole nitrogens is 5. The minimum Gasteiger partial charge on any atom is -0.497 e. The molecule has 10 aromatic heterocycles. The molecule has 0 fully saturated rings. The summed E-state index contributed by atoms with van der Waals surface area (Å²) in [6.07, 6.45) is 12.4. The fourth-order valence-electron chi connectivity index (χ4n) is 14.5. The summed E-state index contributed by atoms with van der Waals surface area (Å²) >= 11 is 50.8. The highest BCUT2D eigenvalue weighted by Crippen LogP contribution is 2.44. The number of carbonyl (C=O) groups excluding carboxylic acids is 1. The van der Waals surface area contributed by atoms with E-state index in [4.69, 9.17) is 103 Å². The molecule has 0 saturated carbocycles. The first-order valence-corrected chi connectivity index (χ1v) is 40.7. The molecule has 0 spiro atoms. The van der Waals surface area contributed by atoms with Crippen LogP contribution in [0, 0.1) is 12.7 Å². The van der Waals surface area contributed by atoms with Gasteiger partial charge in [0.05, 0.1) is 90.1 Å². The number of aryl methyl sites for hydroxylation is 1. The highest BCUT2D eigenvalue weighted by Gasteiger charge is 2.28. The average Bonchev–Trinajstić information content (AvgIpc) is 1.59. The van der Waals surface area contributed by atoms with Crippen molar-refractivity contribution in [2.75, 3.05) is 20.3 Å². The van der Waals surface area contributed by atoms with Crippen molar-refractivity contribution in [1.29, 1.82) is 0 Å². The number of imidazole rings is 5. The van der Waals surface area contributed by atoms with E-state index in [1.165, 1.54) is 46.1 Å². The molecule has 0 bridgehead atoms. The van der Waals surface area contributed by atoms with Crippen LogP contribution < -0.4 is 38.9 Å². The van der Waals surface area contributed by atoms with E-state index >= 15 is 0 Å². The van der Waals surface area contributed by atoms with Crippen LogP contribution in [0.2, 0.25) is 40.2 Å². The molecule has 120 heavy (non-hydrogen) atoms. The van der Waals surface area contributed by atoms with Gasteiger partial charge in [0.25, 0.3) is 0 Å². The molecule has 632 valence electrons. The van der Waals surface area contributed by atoms with Crippen LogP contribution >= 0.6 is 120 Å². The van der Waals surface area contributed by atoms with Crippen molar-refractivity contribution in [3.8, 4) is 61.4 Å². The lowest BCUT2D eigenvalue weighted by Crippen LogP contribution is -2.22. The zero-order chi connectivity index (χ0) is 85.4. The maximum Gasteiger partial charge on any atom is 0.328 e. The number of aliphatic hydroxyl groups excluding tert-OH is 2. The summed E-state index contributed by atoms with van der Waals surface area (Å²) in [5.74, 6) is -0.259. The smallest absolute Gasteiger partial charge is 0.328 e. The Bertz CT molecular complexity index is 6380. The second-order valence-electron chi connectivity index (χ2n) is 27.6. The molecule has 15 rings (SSSR count). The Morgan fingerprint density at radius 2 is 0.733 bits per heavy atom. The molecule has 5 aromatic carbocycles. The first-order chi connectivity index (χ1) is 56.5. The molecule has 0 aliphatic heterocycles. The summed E-state index contributed by atoms with van der Waals surface area (Å²) in [6, 6.07) is 30.4. The third-order valence-corrected chi connectivity index (χ3v) is 22.7. The van der Waals surface area contributed by atoms with E-state index < -0.39 is 18.0 Å². The van der Waals surface area contributed by atoms with Crippen molar-refractivity contribution in [1.82, 2.24) is 72.7 Å². The molecule has 0 radical (unpaired) electrons. The summed E-state index contributed by atoms with van der Waals surface area (Å²) in [7, 11) is 1.58. The van der Waals surface area contributed by atoms with Crippen molar-refractivity contribution in [3.63, 3.8) is 0 Å². The zero-order valence-corrected chi connectivity index (χ0v) is 74.6. The fraction of sp³-hybridized carbons (Fsp3) is 0.274. The normalized spacial score (nSPS) is 11.7. The molecule has 0 unspecified atom stereocenters. The first-order valence-electron chi connectivity index (χ1n) is 37.7. The quantitative estimate of drug-likeness (QED) is 0.0352. The molecule has 0 aliphatic carbocycles. The molecule has 0 saturated heterocycles. The van der Waals surface area contributed by atoms with E-state index in [2.05, 4.69) is 77.5 Å². The van der Waals surface area contributed by atoms with Crippen LogP contribution in [0.15, 0.2) is 164 Å². The topological polar surface area (TPSA) is 346 Å². The van der Waals surface area contributed by atoms with Crippen LogP contribution in [-0.2, 0) is 0 Å². The SMILES string of the molecule is CCC(CC)n1c(=O)[nH]c2ncc(Cl)c(-c3ccc(C)cc3Cl)c21.CCC(CC)n1c(=O)[nH]c2ncc(Cl)c(-c3ccc(OC)cc3Cl)c21.CCC(CC)n1c(=O)[nH]c2ncc(Cl)c(-c3ccccc3C(N)=O)c21.C[C@@H](CO)n1c(=O)[nH]c2ncc(Cl)c(-c3ccc(Cl)cc3)c21.C[C@@H](CO)n1c(=O)[nH]c2ncc(Cl)c(-c3ccc(F)cc3)c21.S.S. The number of aromatic amines is 5. The molecule has 15 aromatic rings. The number of carbonyl (C=O) groups is 1. The number of nitrogens with two attached hydrogens (primary N) is 1. The largest absolute Gasteiger partial charge is 0.497 e. The third kappa shape index (κ3) is 19.3. The predicted octanol–water partition coefficient (Wildman–Crippen LogP) is 20.2. The van der Waals surface area contributed by atoms with Crippen LogP contribution in [0.1, 0.15) is 140 Å². The van der Waals surface area contributed by atoms with Crippen molar-refractivity contribution >= 4 is 182 Å². The first kappa shape index (κ1) is 94.2. The van der Waals surface area contributed by atoms with Gasteiger partial charge in [-0.15, -0.1) is 0 Å². The van der Waals surface area contributed by atoms with Crippen molar-refractivity contribution < 1.29 is 24.1 Å². The number of nitrogens with zero attached hydrogens (tertiary/aromatic N) is 10. The molecule has 36 heteroatoms. The summed E-state index contributed by atoms with van der Waals surface area (Å²) in [6.45, 7) is 17.4. The average molecular weight is 1830 g/mol. The standard InChI is InChI=1S/C18H19Cl2N3O2.C18H19Cl2N3O.C18H19ClN4O2.C15H13Cl2N3O2.C15H13ClFN3O2.2H2S/c1-4-10(5-2)23-16-15(12-7-6-11(25-3)8-13(12)19)14(20)9-21-17(16)22-18(23)24;1-4-11(5-2)23-16-15(12-7-6-10(3)8-13(12)19)14(20)9-21-17(16)22-18(23)24;1-3-10(4-2)23-15-14(11-7-5-6-8-12(11)16(20)24)13(19)9-21-17(15)22-18(23)25;1-8(7-21)20-13-12(9-2-4-10(16)5-3-9)11(17)6-18-14(13)19-15(20)22;1-8(7-21)20-13-12(9-2-4-10(17)5-3-9)11(16)6-18-14(13)19-15(20)22;;/h6-10H,4-5H2,1-3H3,(H,21,22,24);6-9,11H,4-5H2,1-3H3,(H,21,22,24);5-10H,3-4H2,1-2H3,(H2,20,24)(H,21,22,25);2*2-6,8,21H,7H2,1H3,(H,18,19,22);2*1H2/t;;;2*8-;;/m...00../s1. The van der Waals surface area contributed by atoms with Gasteiger partial charge in [-0.2, -0.15) is 27.0 Å². The van der Waals surface area contributed by atoms with Gasteiger partial charge in [0.2, 0.25) is 5.91 Å². The molecule has 25 nitrogen and oxygen atoms in total. The number of hydrogen-bond acceptors (Lipinski definition) is 14. The number of aliphatic hydroxyl groups is 2. The van der Waals surface area contributed by atoms with E-state index in [-0.39, 0.29) is 92.6 Å². The molecular formula is C84H87Cl8FN16O9S2. The van der Waals surface area contributed by atoms with E-state index in [1.807, 2.05) is 63.2 Å². The van der Waals surface area contributed by atoms with Crippen LogP contribution in [0.3, 0.4) is 0 Å². The zero-order valence-electron chi connectivity index (χ0n) is 66.5. The predicted molar refractivity (Wildman–Crippen MR) is 492 cm³/mol. The third-order valence-electron chi connectivity index (χ3n) is 20.4. The van der Waals surface area contributed by atoms with E-state index in [0.29, 0.717) is 141 Å². The van der Waals surface area contributed by atoms with Crippen LogP contribution in [0.25, 0.3) is 111 Å². The number of ether oxygens (including phenoxy) is 1. The van der Waals surface area contributed by atoms with Gasteiger partial charge in [0.15, 0.2) is 28.2 Å². The number of aromatic nitrogens is 15. The maximum atomic E-state index is 13.1. The van der Waals surface area contributed by atoms with E-state index in [0.717, 1.165) is 66.3 Å². The van der Waals surface area contributed by atoms with Gasteiger partial charge in [-0.3, -0.25) is 52.5 Å². The summed E-state index contributed by atoms with van der Waals surface area (Å²) in [4.78, 5) is 109. The maximum absolute atomic E-state index is 13.1. The number of pyridine rings is 5. The Morgan fingerprint density at radius 1 is 0.425 bits per heavy atom. The molecular weight excluding hydrogens is 1740 g/mol. The van der Waals surface area contributed by atoms with Gasteiger partial charge in [-0.25, -0.2) is 53.3 Å². The van der Waals surface area contributed by atoms with Crippen LogP contribution in [0.4, 0.5) is 4.39 Å². The molecule has 1 amide bonds. The van der Waals surface area contributed by atoms with Gasteiger partial charge in [0, 0.05) is 104 Å². The number of halogens is 9. The van der Waals surface area contributed by atoms with Crippen molar-refractivity contribution in [2.45, 2.75) is 131 Å². The monoisotopic (exact) mass is 1830 g/mol. The van der Waals surface area contributed by atoms with Gasteiger partial charge in [-0.1, -0.05) is 189 Å². The lowest BCUT2D eigenvalue weighted by Gasteiger charge is -2.17. The second-order valence-corrected chi connectivity index (χ2v) is 30.9. The molecule has 9 N–H and O–H groups in total. The molecule has 10 heterocycles.